The highest BCUT2D eigenvalue weighted by atomic mass is 16.1. The van der Waals surface area contributed by atoms with Crippen LogP contribution in [-0.2, 0) is 11.2 Å². The second-order valence-corrected chi connectivity index (χ2v) is 6.09. The average molecular weight is 260 g/mol. The Morgan fingerprint density at radius 1 is 1.16 bits per heavy atom. The van der Waals surface area contributed by atoms with E-state index < -0.39 is 0 Å². The molecular formula is C18H28O. The Balaban J connectivity index is 2.47. The number of Topliss-reactive ketones (excluding diaryl/α,β-unsaturated/α-hetero) is 1. The van der Waals surface area contributed by atoms with E-state index in [2.05, 4.69) is 39.8 Å². The van der Waals surface area contributed by atoms with E-state index in [-0.39, 0.29) is 0 Å². The lowest BCUT2D eigenvalue weighted by Crippen LogP contribution is -2.11. The third kappa shape index (κ3) is 6.04. The van der Waals surface area contributed by atoms with E-state index in [1.165, 1.54) is 24.0 Å². The summed E-state index contributed by atoms with van der Waals surface area (Å²) < 4.78 is 0. The van der Waals surface area contributed by atoms with Gasteiger partial charge in [-0.1, -0.05) is 57.9 Å². The fourth-order valence-electron chi connectivity index (χ4n) is 2.43. The molecular weight excluding hydrogens is 232 g/mol. The summed E-state index contributed by atoms with van der Waals surface area (Å²) in [5.74, 6) is 1.70. The molecule has 1 aromatic carbocycles. The molecule has 0 spiro atoms. The van der Waals surface area contributed by atoms with Crippen molar-refractivity contribution in [2.24, 2.45) is 11.8 Å². The van der Waals surface area contributed by atoms with Gasteiger partial charge in [0, 0.05) is 12.8 Å². The van der Waals surface area contributed by atoms with Crippen molar-refractivity contribution in [1.82, 2.24) is 0 Å². The zero-order valence-corrected chi connectivity index (χ0v) is 12.9. The summed E-state index contributed by atoms with van der Waals surface area (Å²) in [6, 6.07) is 8.20. The molecule has 1 atom stereocenters. The van der Waals surface area contributed by atoms with Crippen molar-refractivity contribution in [3.05, 3.63) is 35.4 Å². The molecule has 0 aliphatic rings. The number of ketones is 1. The lowest BCUT2D eigenvalue weighted by atomic mass is 9.89. The van der Waals surface area contributed by atoms with E-state index in [9.17, 15) is 4.79 Å². The molecule has 0 aromatic heterocycles. The Morgan fingerprint density at radius 3 is 2.42 bits per heavy atom. The molecule has 0 heterocycles. The van der Waals surface area contributed by atoms with E-state index in [0.717, 1.165) is 18.8 Å². The number of hydrogen-bond donors (Lipinski definition) is 0. The average Bonchev–Trinajstić information content (AvgIpc) is 2.37. The Labute approximate surface area is 118 Å². The molecule has 106 valence electrons. The topological polar surface area (TPSA) is 17.1 Å². The first-order valence-corrected chi connectivity index (χ1v) is 7.59. The predicted molar refractivity (Wildman–Crippen MR) is 82.4 cm³/mol. The number of carbonyl (C=O) groups excluding carboxylic acids is 1. The van der Waals surface area contributed by atoms with E-state index in [1.54, 1.807) is 0 Å². The maximum atomic E-state index is 12.2. The Bertz CT molecular complexity index is 392. The van der Waals surface area contributed by atoms with Gasteiger partial charge in [0.15, 0.2) is 0 Å². The summed E-state index contributed by atoms with van der Waals surface area (Å²) in [4.78, 5) is 12.2. The number of benzene rings is 1. The molecule has 0 saturated carbocycles. The fraction of sp³-hybridized carbons (Fsp3) is 0.611. The zero-order valence-electron chi connectivity index (χ0n) is 12.9. The SMILES string of the molecule is CCC(CCC(C)C)CC(=O)Cc1ccccc1C. The van der Waals surface area contributed by atoms with Crippen molar-refractivity contribution in [3.8, 4) is 0 Å². The van der Waals surface area contributed by atoms with Crippen LogP contribution < -0.4 is 0 Å². The van der Waals surface area contributed by atoms with E-state index in [4.69, 9.17) is 0 Å². The van der Waals surface area contributed by atoms with Crippen LogP contribution >= 0.6 is 0 Å². The van der Waals surface area contributed by atoms with Crippen LogP contribution in [0.4, 0.5) is 0 Å². The van der Waals surface area contributed by atoms with E-state index in [0.29, 0.717) is 18.1 Å². The molecule has 1 unspecified atom stereocenters. The van der Waals surface area contributed by atoms with Crippen molar-refractivity contribution in [1.29, 1.82) is 0 Å². The second-order valence-electron chi connectivity index (χ2n) is 6.09. The van der Waals surface area contributed by atoms with Crippen LogP contribution in [0.1, 0.15) is 57.6 Å². The van der Waals surface area contributed by atoms with Crippen molar-refractivity contribution in [3.63, 3.8) is 0 Å². The van der Waals surface area contributed by atoms with Gasteiger partial charge < -0.3 is 0 Å². The summed E-state index contributed by atoms with van der Waals surface area (Å²) in [6.07, 6.45) is 4.89. The van der Waals surface area contributed by atoms with Crippen molar-refractivity contribution in [2.45, 2.75) is 59.8 Å². The van der Waals surface area contributed by atoms with Gasteiger partial charge >= 0.3 is 0 Å². The number of rotatable bonds is 8. The van der Waals surface area contributed by atoms with E-state index >= 15 is 0 Å². The molecule has 1 nitrogen and oxygen atoms in total. The molecule has 1 aromatic rings. The minimum Gasteiger partial charge on any atom is -0.299 e. The molecule has 0 N–H and O–H groups in total. The molecule has 0 amide bonds. The Kier molecular flexibility index (Phi) is 6.83. The maximum Gasteiger partial charge on any atom is 0.137 e. The second kappa shape index (κ2) is 8.14. The van der Waals surface area contributed by atoms with Gasteiger partial charge in [-0.05, 0) is 36.3 Å². The molecule has 0 bridgehead atoms. The van der Waals surface area contributed by atoms with Crippen molar-refractivity contribution < 1.29 is 4.79 Å². The van der Waals surface area contributed by atoms with Gasteiger partial charge in [-0.25, -0.2) is 0 Å². The summed E-state index contributed by atoms with van der Waals surface area (Å²) >= 11 is 0. The van der Waals surface area contributed by atoms with Crippen LogP contribution in [0.15, 0.2) is 24.3 Å². The molecule has 19 heavy (non-hydrogen) atoms. The number of carbonyl (C=O) groups is 1. The van der Waals surface area contributed by atoms with Crippen molar-refractivity contribution in [2.75, 3.05) is 0 Å². The maximum absolute atomic E-state index is 12.2. The highest BCUT2D eigenvalue weighted by molar-refractivity contribution is 5.81. The third-order valence-corrected chi connectivity index (χ3v) is 3.89. The van der Waals surface area contributed by atoms with Crippen LogP contribution in [0, 0.1) is 18.8 Å². The highest BCUT2D eigenvalue weighted by Gasteiger charge is 2.13. The molecule has 0 radical (unpaired) electrons. The van der Waals surface area contributed by atoms with E-state index in [1.807, 2.05) is 12.1 Å². The van der Waals surface area contributed by atoms with Gasteiger partial charge in [-0.15, -0.1) is 0 Å². The molecule has 1 rings (SSSR count). The Hall–Kier alpha value is -1.11. The smallest absolute Gasteiger partial charge is 0.137 e. The van der Waals surface area contributed by atoms with Gasteiger partial charge in [0.2, 0.25) is 0 Å². The van der Waals surface area contributed by atoms with Gasteiger partial charge in [0.25, 0.3) is 0 Å². The van der Waals surface area contributed by atoms with Gasteiger partial charge in [-0.2, -0.15) is 0 Å². The van der Waals surface area contributed by atoms with Crippen molar-refractivity contribution >= 4 is 5.78 Å². The molecule has 0 fully saturated rings. The zero-order chi connectivity index (χ0) is 14.3. The first kappa shape index (κ1) is 15.9. The fourth-order valence-corrected chi connectivity index (χ4v) is 2.43. The first-order chi connectivity index (χ1) is 9.02. The standard InChI is InChI=1S/C18H28O/c1-5-16(11-10-14(2)3)12-18(19)13-17-9-7-6-8-15(17)4/h6-9,14,16H,5,10-13H2,1-4H3. The minimum absolute atomic E-state index is 0.393. The Morgan fingerprint density at radius 2 is 1.84 bits per heavy atom. The van der Waals surface area contributed by atoms with Crippen LogP contribution in [0.25, 0.3) is 0 Å². The molecule has 0 aliphatic carbocycles. The quantitative estimate of drug-likeness (QED) is 0.645. The van der Waals surface area contributed by atoms with Crippen LogP contribution in [-0.4, -0.2) is 5.78 Å². The summed E-state index contributed by atoms with van der Waals surface area (Å²) in [6.45, 7) is 8.79. The van der Waals surface area contributed by atoms with Crippen LogP contribution in [0.5, 0.6) is 0 Å². The monoisotopic (exact) mass is 260 g/mol. The lowest BCUT2D eigenvalue weighted by Gasteiger charge is -2.15. The first-order valence-electron chi connectivity index (χ1n) is 7.59. The van der Waals surface area contributed by atoms with Gasteiger partial charge in [0.1, 0.15) is 5.78 Å². The van der Waals surface area contributed by atoms with Crippen LogP contribution in [0.3, 0.4) is 0 Å². The number of aryl methyl sites for hydroxylation is 1. The molecule has 0 saturated heterocycles. The minimum atomic E-state index is 0.393. The van der Waals surface area contributed by atoms with Gasteiger partial charge in [0.05, 0.1) is 0 Å². The predicted octanol–water partition coefficient (Wildman–Crippen LogP) is 4.96. The molecule has 0 aliphatic heterocycles. The lowest BCUT2D eigenvalue weighted by molar-refractivity contribution is -0.119. The third-order valence-electron chi connectivity index (χ3n) is 3.89. The largest absolute Gasteiger partial charge is 0.299 e. The summed E-state index contributed by atoms with van der Waals surface area (Å²) in [5, 5.41) is 0. The summed E-state index contributed by atoms with van der Waals surface area (Å²) in [7, 11) is 0. The number of hydrogen-bond acceptors (Lipinski definition) is 1. The summed E-state index contributed by atoms with van der Waals surface area (Å²) in [5.41, 5.74) is 2.41. The molecule has 1 heteroatoms. The van der Waals surface area contributed by atoms with Gasteiger partial charge in [-0.3, -0.25) is 4.79 Å². The highest BCUT2D eigenvalue weighted by Crippen LogP contribution is 2.20. The van der Waals surface area contributed by atoms with Crippen LogP contribution in [0.2, 0.25) is 0 Å². The normalized spacial score (nSPS) is 12.7.